The van der Waals surface area contributed by atoms with E-state index in [0.29, 0.717) is 13.2 Å². The molecule has 0 aliphatic rings. The molecule has 18 heavy (non-hydrogen) atoms. The molecule has 0 heterocycles. The molecule has 1 aromatic carbocycles. The van der Waals surface area contributed by atoms with Crippen LogP contribution in [0.4, 0.5) is 14.5 Å². The van der Waals surface area contributed by atoms with Crippen molar-refractivity contribution in [3.8, 4) is 6.07 Å². The average Bonchev–Trinajstić information content (AvgIpc) is 2.34. The van der Waals surface area contributed by atoms with Crippen molar-refractivity contribution in [2.75, 3.05) is 25.2 Å². The maximum absolute atomic E-state index is 13.9. The third-order valence-electron chi connectivity index (χ3n) is 2.65. The normalized spacial score (nSPS) is 10.5. The monoisotopic (exact) mass is 254 g/mol. The summed E-state index contributed by atoms with van der Waals surface area (Å²) >= 11 is 0. The van der Waals surface area contributed by atoms with Crippen LogP contribution in [0.15, 0.2) is 12.1 Å². The standard InChI is InChI=1S/C13H16F2N2O/c1-9(2)17(6-7-18-3)11-5-4-10(8-16)12(14)13(11)15/h4-5,9H,6-7H2,1-3H3. The number of methoxy groups -OCH3 is 1. The first kappa shape index (κ1) is 14.4. The summed E-state index contributed by atoms with van der Waals surface area (Å²) in [6.45, 7) is 4.63. The molecule has 0 unspecified atom stereocenters. The van der Waals surface area contributed by atoms with Gasteiger partial charge in [0.1, 0.15) is 6.07 Å². The lowest BCUT2D eigenvalue weighted by Gasteiger charge is -2.29. The van der Waals surface area contributed by atoms with Crippen LogP contribution in [0.25, 0.3) is 0 Å². The molecule has 0 aromatic heterocycles. The summed E-state index contributed by atoms with van der Waals surface area (Å²) in [5.74, 6) is -2.09. The molecule has 0 fully saturated rings. The van der Waals surface area contributed by atoms with Crippen molar-refractivity contribution in [3.05, 3.63) is 29.3 Å². The smallest absolute Gasteiger partial charge is 0.183 e. The van der Waals surface area contributed by atoms with Crippen molar-refractivity contribution in [1.82, 2.24) is 0 Å². The van der Waals surface area contributed by atoms with Crippen molar-refractivity contribution < 1.29 is 13.5 Å². The summed E-state index contributed by atoms with van der Waals surface area (Å²) in [6.07, 6.45) is 0. The van der Waals surface area contributed by atoms with E-state index >= 15 is 0 Å². The fraction of sp³-hybridized carbons (Fsp3) is 0.462. The zero-order valence-electron chi connectivity index (χ0n) is 10.7. The molecule has 0 saturated heterocycles. The maximum atomic E-state index is 13.9. The highest BCUT2D eigenvalue weighted by molar-refractivity contribution is 5.52. The lowest BCUT2D eigenvalue weighted by atomic mass is 10.1. The quantitative estimate of drug-likeness (QED) is 0.810. The number of nitrogens with zero attached hydrogens (tertiary/aromatic N) is 2. The molecule has 3 nitrogen and oxygen atoms in total. The highest BCUT2D eigenvalue weighted by Gasteiger charge is 2.19. The van der Waals surface area contributed by atoms with Gasteiger partial charge in [-0.25, -0.2) is 8.78 Å². The van der Waals surface area contributed by atoms with Gasteiger partial charge < -0.3 is 9.64 Å². The van der Waals surface area contributed by atoms with Crippen LogP contribution < -0.4 is 4.90 Å². The minimum Gasteiger partial charge on any atom is -0.383 e. The highest BCUT2D eigenvalue weighted by atomic mass is 19.2. The van der Waals surface area contributed by atoms with Gasteiger partial charge in [0.15, 0.2) is 11.6 Å². The minimum absolute atomic E-state index is 0.00184. The molecule has 5 heteroatoms. The van der Waals surface area contributed by atoms with Crippen molar-refractivity contribution >= 4 is 5.69 Å². The van der Waals surface area contributed by atoms with Crippen LogP contribution in [0.3, 0.4) is 0 Å². The summed E-state index contributed by atoms with van der Waals surface area (Å²) in [4.78, 5) is 1.70. The number of halogens is 2. The van der Waals surface area contributed by atoms with E-state index in [2.05, 4.69) is 0 Å². The minimum atomic E-state index is -1.10. The summed E-state index contributed by atoms with van der Waals surface area (Å²) < 4.78 is 32.4. The first-order chi connectivity index (χ1) is 8.52. The van der Waals surface area contributed by atoms with Gasteiger partial charge >= 0.3 is 0 Å². The van der Waals surface area contributed by atoms with Gasteiger partial charge in [0.2, 0.25) is 0 Å². The van der Waals surface area contributed by atoms with Gasteiger partial charge in [0.05, 0.1) is 17.9 Å². The van der Waals surface area contributed by atoms with Gasteiger partial charge in [-0.3, -0.25) is 0 Å². The van der Waals surface area contributed by atoms with Crippen molar-refractivity contribution in [2.24, 2.45) is 0 Å². The Balaban J connectivity index is 3.14. The van der Waals surface area contributed by atoms with Gasteiger partial charge in [-0.2, -0.15) is 5.26 Å². The number of anilines is 1. The van der Waals surface area contributed by atoms with E-state index in [1.807, 2.05) is 13.8 Å². The predicted octanol–water partition coefficient (Wildman–Crippen LogP) is 2.70. The summed E-state index contributed by atoms with van der Waals surface area (Å²) in [6, 6.07) is 4.33. The Morgan fingerprint density at radius 2 is 2.00 bits per heavy atom. The van der Waals surface area contributed by atoms with Crippen LogP contribution in [-0.4, -0.2) is 26.3 Å². The molecule has 0 aliphatic carbocycles. The first-order valence-corrected chi connectivity index (χ1v) is 5.66. The SMILES string of the molecule is COCCN(c1ccc(C#N)c(F)c1F)C(C)C. The van der Waals surface area contributed by atoms with E-state index in [1.165, 1.54) is 12.1 Å². The molecule has 0 aliphatic heterocycles. The van der Waals surface area contributed by atoms with Gasteiger partial charge in [-0.15, -0.1) is 0 Å². The number of benzene rings is 1. The van der Waals surface area contributed by atoms with Gasteiger partial charge in [-0.05, 0) is 26.0 Å². The molecule has 0 N–H and O–H groups in total. The lowest BCUT2D eigenvalue weighted by Crippen LogP contribution is -2.34. The molecule has 98 valence electrons. The number of hydrogen-bond acceptors (Lipinski definition) is 3. The molecule has 1 aromatic rings. The molecule has 0 bridgehead atoms. The maximum Gasteiger partial charge on any atom is 0.183 e. The van der Waals surface area contributed by atoms with E-state index < -0.39 is 11.6 Å². The predicted molar refractivity (Wildman–Crippen MR) is 65.4 cm³/mol. The van der Waals surface area contributed by atoms with Gasteiger partial charge in [0.25, 0.3) is 0 Å². The third-order valence-corrected chi connectivity index (χ3v) is 2.65. The molecular weight excluding hydrogens is 238 g/mol. The fourth-order valence-corrected chi connectivity index (χ4v) is 1.69. The van der Waals surface area contributed by atoms with Crippen LogP contribution in [0.5, 0.6) is 0 Å². The molecule has 0 amide bonds. The number of nitriles is 1. The first-order valence-electron chi connectivity index (χ1n) is 5.66. The lowest BCUT2D eigenvalue weighted by molar-refractivity contribution is 0.203. The summed E-state index contributed by atoms with van der Waals surface area (Å²) in [5, 5.41) is 8.63. The van der Waals surface area contributed by atoms with Crippen LogP contribution >= 0.6 is 0 Å². The second-order valence-corrected chi connectivity index (χ2v) is 4.15. The molecule has 0 atom stereocenters. The Hall–Kier alpha value is -1.67. The van der Waals surface area contributed by atoms with Crippen LogP contribution in [0, 0.1) is 23.0 Å². The van der Waals surface area contributed by atoms with Crippen molar-refractivity contribution in [3.63, 3.8) is 0 Å². The second kappa shape index (κ2) is 6.31. The largest absolute Gasteiger partial charge is 0.383 e. The third kappa shape index (κ3) is 2.96. The van der Waals surface area contributed by atoms with Gasteiger partial charge in [0, 0.05) is 19.7 Å². The number of hydrogen-bond donors (Lipinski definition) is 0. The van der Waals surface area contributed by atoms with E-state index in [0.717, 1.165) is 0 Å². The Kier molecular flexibility index (Phi) is 5.05. The van der Waals surface area contributed by atoms with E-state index in [4.69, 9.17) is 10.00 Å². The van der Waals surface area contributed by atoms with Gasteiger partial charge in [-0.1, -0.05) is 0 Å². The second-order valence-electron chi connectivity index (χ2n) is 4.15. The van der Waals surface area contributed by atoms with Crippen LogP contribution in [0.2, 0.25) is 0 Å². The Labute approximate surface area is 106 Å². The number of rotatable bonds is 5. The molecule has 1 rings (SSSR count). The Bertz CT molecular complexity index is 455. The van der Waals surface area contributed by atoms with E-state index in [-0.39, 0.29) is 17.3 Å². The van der Waals surface area contributed by atoms with Crippen LogP contribution in [0.1, 0.15) is 19.4 Å². The van der Waals surface area contributed by atoms with E-state index in [9.17, 15) is 8.78 Å². The number of ether oxygens (including phenoxy) is 1. The Morgan fingerprint density at radius 1 is 1.33 bits per heavy atom. The summed E-state index contributed by atoms with van der Waals surface area (Å²) in [5.41, 5.74) is -0.134. The average molecular weight is 254 g/mol. The molecule has 0 spiro atoms. The topological polar surface area (TPSA) is 36.3 Å². The van der Waals surface area contributed by atoms with E-state index in [1.54, 1.807) is 18.1 Å². The zero-order valence-corrected chi connectivity index (χ0v) is 10.7. The van der Waals surface area contributed by atoms with Crippen molar-refractivity contribution in [2.45, 2.75) is 19.9 Å². The van der Waals surface area contributed by atoms with Crippen molar-refractivity contribution in [1.29, 1.82) is 5.26 Å². The molecular formula is C13H16F2N2O. The summed E-state index contributed by atoms with van der Waals surface area (Å²) in [7, 11) is 1.55. The van der Waals surface area contributed by atoms with Crippen LogP contribution in [-0.2, 0) is 4.74 Å². The fourth-order valence-electron chi connectivity index (χ4n) is 1.69. The highest BCUT2D eigenvalue weighted by Crippen LogP contribution is 2.25. The Morgan fingerprint density at radius 3 is 2.50 bits per heavy atom. The molecule has 0 radical (unpaired) electrons. The zero-order chi connectivity index (χ0) is 13.7. The molecule has 0 saturated carbocycles.